The molecular formula is C10H10N4S4. The minimum absolute atomic E-state index is 0.662. The normalized spacial score (nSPS) is 10.6. The van der Waals surface area contributed by atoms with E-state index in [9.17, 15) is 0 Å². The van der Waals surface area contributed by atoms with Gasteiger partial charge >= 0.3 is 0 Å². The molecule has 2 rings (SSSR count). The summed E-state index contributed by atoms with van der Waals surface area (Å²) in [5.74, 6) is 0. The van der Waals surface area contributed by atoms with Crippen LogP contribution in [0.3, 0.4) is 0 Å². The van der Waals surface area contributed by atoms with E-state index in [0.717, 1.165) is 11.4 Å². The molecule has 0 aromatic carbocycles. The van der Waals surface area contributed by atoms with Crippen molar-refractivity contribution in [3.05, 3.63) is 35.9 Å². The molecule has 0 aliphatic rings. The summed E-state index contributed by atoms with van der Waals surface area (Å²) in [6.45, 7) is 3.92. The van der Waals surface area contributed by atoms with Crippen molar-refractivity contribution in [2.75, 3.05) is 0 Å². The van der Waals surface area contributed by atoms with Crippen LogP contribution in [0.4, 0.5) is 0 Å². The Balaban J connectivity index is 1.97. The summed E-state index contributed by atoms with van der Waals surface area (Å²) in [6.07, 6.45) is 3.45. The Hall–Kier alpha value is -0.700. The van der Waals surface area contributed by atoms with Gasteiger partial charge in [-0.1, -0.05) is 0 Å². The third-order valence-electron chi connectivity index (χ3n) is 2.19. The molecule has 0 aliphatic heterocycles. The van der Waals surface area contributed by atoms with E-state index >= 15 is 0 Å². The van der Waals surface area contributed by atoms with Gasteiger partial charge in [0.25, 0.3) is 0 Å². The molecule has 0 N–H and O–H groups in total. The molecule has 0 saturated heterocycles. The van der Waals surface area contributed by atoms with Crippen LogP contribution in [0.2, 0.25) is 0 Å². The molecule has 0 saturated carbocycles. The number of rotatable bonds is 0. The summed E-state index contributed by atoms with van der Waals surface area (Å²) in [5.41, 5.74) is 2.02. The third kappa shape index (κ3) is 3.00. The van der Waals surface area contributed by atoms with Gasteiger partial charge in [-0.2, -0.15) is 10.2 Å². The van der Waals surface area contributed by atoms with Crippen molar-refractivity contribution in [1.29, 1.82) is 0 Å². The summed E-state index contributed by atoms with van der Waals surface area (Å²) in [7, 11) is 2.82. The van der Waals surface area contributed by atoms with Crippen molar-refractivity contribution >= 4 is 54.7 Å². The molecule has 0 amide bonds. The van der Waals surface area contributed by atoms with E-state index in [-0.39, 0.29) is 0 Å². The maximum absolute atomic E-state index is 5.30. The fraction of sp³-hybridized carbons (Fsp3) is 0.200. The van der Waals surface area contributed by atoms with E-state index < -0.39 is 0 Å². The summed E-state index contributed by atoms with van der Waals surface area (Å²) < 4.78 is 4.75. The highest BCUT2D eigenvalue weighted by Crippen LogP contribution is 2.27. The molecule has 2 aromatic heterocycles. The Bertz CT molecular complexity index is 534. The Morgan fingerprint density at radius 2 is 1.33 bits per heavy atom. The fourth-order valence-electron chi connectivity index (χ4n) is 1.26. The second-order valence-corrected chi connectivity index (χ2v) is 6.86. The van der Waals surface area contributed by atoms with Gasteiger partial charge < -0.3 is 0 Å². The first kappa shape index (κ1) is 13.7. The number of nitrogens with zero attached hydrogens (tertiary/aromatic N) is 4. The van der Waals surface area contributed by atoms with Gasteiger partial charge in [0.15, 0.2) is 8.64 Å². The van der Waals surface area contributed by atoms with Gasteiger partial charge in [0, 0.05) is 23.8 Å². The van der Waals surface area contributed by atoms with Crippen LogP contribution in [0.1, 0.15) is 11.4 Å². The highest BCUT2D eigenvalue weighted by atomic mass is 33.1. The molecule has 0 spiro atoms. The number of hydrogen-bond donors (Lipinski definition) is 0. The lowest BCUT2D eigenvalue weighted by Gasteiger charge is -2.07. The van der Waals surface area contributed by atoms with Crippen molar-refractivity contribution < 1.29 is 0 Å². The molecule has 0 unspecified atom stereocenters. The van der Waals surface area contributed by atoms with Crippen molar-refractivity contribution in [1.82, 2.24) is 19.6 Å². The first-order valence-corrected chi connectivity index (χ1v) is 8.00. The lowest BCUT2D eigenvalue weighted by atomic mass is 10.5. The van der Waals surface area contributed by atoms with Gasteiger partial charge in [0.1, 0.15) is 0 Å². The predicted octanol–water partition coefficient (Wildman–Crippen LogP) is 3.04. The van der Waals surface area contributed by atoms with Gasteiger partial charge in [-0.05, 0) is 72.0 Å². The van der Waals surface area contributed by atoms with E-state index in [0.29, 0.717) is 8.64 Å². The van der Waals surface area contributed by atoms with Crippen LogP contribution in [0.5, 0.6) is 0 Å². The zero-order chi connectivity index (χ0) is 13.1. The lowest BCUT2D eigenvalue weighted by molar-refractivity contribution is 0.925. The summed E-state index contributed by atoms with van der Waals surface area (Å²) in [6, 6.07) is 3.82. The molecule has 0 fully saturated rings. The minimum atomic E-state index is 0.662. The molecule has 18 heavy (non-hydrogen) atoms. The van der Waals surface area contributed by atoms with Gasteiger partial charge in [0.2, 0.25) is 0 Å². The number of hydrogen-bond acceptors (Lipinski definition) is 6. The first-order chi connectivity index (χ1) is 8.59. The van der Waals surface area contributed by atoms with Crippen LogP contribution in [-0.4, -0.2) is 28.2 Å². The lowest BCUT2D eigenvalue weighted by Crippen LogP contribution is -2.10. The largest absolute Gasteiger partial charge is 0.220 e. The average Bonchev–Trinajstić information content (AvgIpc) is 2.94. The van der Waals surface area contributed by atoms with E-state index in [1.807, 2.05) is 26.0 Å². The molecule has 0 atom stereocenters. The smallest absolute Gasteiger partial charge is 0.172 e. The standard InChI is InChI=1S/C10H10N4S4/c1-7-3-5-11-13(7)9(15)17-18-10(16)14-8(2)4-6-12-14/h3-6H,1-2H3. The Kier molecular flexibility index (Phi) is 4.55. The number of aromatic nitrogens is 4. The topological polar surface area (TPSA) is 35.6 Å². The van der Waals surface area contributed by atoms with Gasteiger partial charge in [-0.3, -0.25) is 0 Å². The predicted molar refractivity (Wildman–Crippen MR) is 85.1 cm³/mol. The van der Waals surface area contributed by atoms with Crippen LogP contribution in [0.15, 0.2) is 24.5 Å². The van der Waals surface area contributed by atoms with Crippen LogP contribution >= 0.6 is 46.0 Å². The van der Waals surface area contributed by atoms with Crippen molar-refractivity contribution in [2.45, 2.75) is 13.8 Å². The Morgan fingerprint density at radius 3 is 1.61 bits per heavy atom. The summed E-state index contributed by atoms with van der Waals surface area (Å²) in [4.78, 5) is 0. The molecular weight excluding hydrogens is 304 g/mol. The quantitative estimate of drug-likeness (QED) is 0.549. The molecule has 2 aromatic rings. The molecule has 8 heteroatoms. The van der Waals surface area contributed by atoms with Crippen LogP contribution in [0.25, 0.3) is 0 Å². The summed E-state index contributed by atoms with van der Waals surface area (Å²) in [5, 5.41) is 8.30. The second kappa shape index (κ2) is 5.96. The first-order valence-electron chi connectivity index (χ1n) is 5.04. The SMILES string of the molecule is Cc1ccnn1C(=S)SSC(=S)n1nccc1C. The zero-order valence-corrected chi connectivity index (χ0v) is 13.0. The molecule has 0 bridgehead atoms. The number of aryl methyl sites for hydroxylation is 2. The van der Waals surface area contributed by atoms with E-state index in [1.54, 1.807) is 21.8 Å². The fourth-order valence-corrected chi connectivity index (χ4v) is 3.78. The molecule has 94 valence electrons. The van der Waals surface area contributed by atoms with Gasteiger partial charge in [-0.25, -0.2) is 9.36 Å². The highest BCUT2D eigenvalue weighted by molar-refractivity contribution is 8.89. The van der Waals surface area contributed by atoms with Crippen LogP contribution < -0.4 is 0 Å². The zero-order valence-electron chi connectivity index (χ0n) is 9.73. The molecule has 2 heterocycles. The monoisotopic (exact) mass is 314 g/mol. The van der Waals surface area contributed by atoms with Gasteiger partial charge in [-0.15, -0.1) is 0 Å². The summed E-state index contributed by atoms with van der Waals surface area (Å²) >= 11 is 10.6. The van der Waals surface area contributed by atoms with Crippen molar-refractivity contribution in [2.24, 2.45) is 0 Å². The maximum Gasteiger partial charge on any atom is 0.172 e. The average molecular weight is 314 g/mol. The molecule has 0 radical (unpaired) electrons. The minimum Gasteiger partial charge on any atom is -0.220 e. The van der Waals surface area contributed by atoms with E-state index in [4.69, 9.17) is 24.4 Å². The van der Waals surface area contributed by atoms with Crippen LogP contribution in [-0.2, 0) is 0 Å². The molecule has 0 aliphatic carbocycles. The van der Waals surface area contributed by atoms with Crippen molar-refractivity contribution in [3.8, 4) is 0 Å². The second-order valence-electron chi connectivity index (χ2n) is 3.47. The molecule has 4 nitrogen and oxygen atoms in total. The van der Waals surface area contributed by atoms with E-state index in [2.05, 4.69) is 10.2 Å². The third-order valence-corrected chi connectivity index (χ3v) is 5.58. The van der Waals surface area contributed by atoms with Crippen LogP contribution in [0, 0.1) is 13.8 Å². The van der Waals surface area contributed by atoms with Gasteiger partial charge in [0.05, 0.1) is 0 Å². The Morgan fingerprint density at radius 1 is 0.944 bits per heavy atom. The Labute approximate surface area is 124 Å². The highest BCUT2D eigenvalue weighted by Gasteiger charge is 2.10. The number of thiocarbonyl (C=S) groups is 2. The van der Waals surface area contributed by atoms with E-state index in [1.165, 1.54) is 21.6 Å². The maximum atomic E-state index is 5.30. The van der Waals surface area contributed by atoms with Crippen molar-refractivity contribution in [3.63, 3.8) is 0 Å².